The average molecular weight is 677 g/mol. The van der Waals surface area contributed by atoms with Crippen LogP contribution in [0.5, 0.6) is 0 Å². The van der Waals surface area contributed by atoms with E-state index in [1.54, 1.807) is 0 Å². The zero-order valence-corrected chi connectivity index (χ0v) is 33.9. The third-order valence-electron chi connectivity index (χ3n) is 12.7. The summed E-state index contributed by atoms with van der Waals surface area (Å²) in [6.45, 7) is 29.8. The number of benzene rings is 2. The molecule has 262 valence electrons. The van der Waals surface area contributed by atoms with Crippen molar-refractivity contribution in [2.24, 2.45) is 35.5 Å². The zero-order chi connectivity index (χ0) is 34.7. The Morgan fingerprint density at radius 1 is 0.830 bits per heavy atom. The maximum absolute atomic E-state index is 10.1. The van der Waals surface area contributed by atoms with E-state index in [1.807, 2.05) is 0 Å². The number of allylic oxidation sites excluding steroid dienone is 1. The molecule has 2 aromatic carbocycles. The van der Waals surface area contributed by atoms with E-state index in [-0.39, 0.29) is 11.6 Å². The second-order valence-electron chi connectivity index (χ2n) is 17.3. The first kappa shape index (κ1) is 38.3. The third kappa shape index (κ3) is 7.36. The Balaban J connectivity index is 1.83. The predicted octanol–water partition coefficient (Wildman–Crippen LogP) is 10.00. The fraction of sp³-hybridized carbons (Fsp3) is 0.667. The van der Waals surface area contributed by atoms with Crippen LogP contribution in [0.1, 0.15) is 102 Å². The molecular weight excluding hydrogens is 609 g/mol. The summed E-state index contributed by atoms with van der Waals surface area (Å²) in [7, 11) is -4.75. The van der Waals surface area contributed by atoms with Gasteiger partial charge < -0.3 is 14.0 Å². The third-order valence-corrected chi connectivity index (χ3v) is 23.8. The van der Waals surface area contributed by atoms with E-state index in [9.17, 15) is 5.11 Å². The standard InChI is InChI=1S/C42H68O3Si2/c1-29(2)46(30(3)4,31(5)6)45-39-24-23-32(7)41-37(39)27-34(9)40(33(8)25-26-43)38(41)28-44-47(42(10,11)12,35-19-15-13-16-20-35)36-21-17-14-18-22-36/h13-22,25,29-32,34,37-41,43H,23-24,26-28H2,1-12H3/t32-,34-,37-,38+,39-,40?,41+/m0/s1. The molecule has 0 saturated heterocycles. The van der Waals surface area contributed by atoms with Crippen LogP contribution in [0.4, 0.5) is 0 Å². The Morgan fingerprint density at radius 2 is 1.34 bits per heavy atom. The van der Waals surface area contributed by atoms with E-state index in [0.29, 0.717) is 58.2 Å². The highest BCUT2D eigenvalue weighted by Gasteiger charge is 2.56. The lowest BCUT2D eigenvalue weighted by atomic mass is 9.53. The van der Waals surface area contributed by atoms with Crippen molar-refractivity contribution in [3.63, 3.8) is 0 Å². The van der Waals surface area contributed by atoms with Crippen LogP contribution in [0.25, 0.3) is 0 Å². The summed E-state index contributed by atoms with van der Waals surface area (Å²) < 4.78 is 15.5. The summed E-state index contributed by atoms with van der Waals surface area (Å²) in [6, 6.07) is 22.2. The first-order chi connectivity index (χ1) is 22.1. The lowest BCUT2D eigenvalue weighted by Gasteiger charge is -2.57. The summed E-state index contributed by atoms with van der Waals surface area (Å²) in [5, 5.41) is 12.7. The Hall–Kier alpha value is -1.51. The largest absolute Gasteiger partial charge is 0.413 e. The van der Waals surface area contributed by atoms with Crippen LogP contribution in [-0.2, 0) is 8.85 Å². The molecule has 0 radical (unpaired) electrons. The SMILES string of the molecule is CC(=CCO)C1[C@@H](CO[Si](c2ccccc2)(c2ccccc2)C(C)(C)C)[C@H]2[C@@H](C[C@@H]1C)[C@@H](O[Si](C(C)C)(C(C)C)C(C)C)CC[C@@H]2C. The van der Waals surface area contributed by atoms with Crippen LogP contribution >= 0.6 is 0 Å². The van der Waals surface area contributed by atoms with Crippen molar-refractivity contribution in [1.82, 2.24) is 0 Å². The van der Waals surface area contributed by atoms with Crippen molar-refractivity contribution in [2.45, 2.75) is 130 Å². The van der Waals surface area contributed by atoms with Gasteiger partial charge in [0.25, 0.3) is 8.32 Å². The molecule has 4 rings (SSSR count). The number of aliphatic hydroxyl groups is 1. The quantitative estimate of drug-likeness (QED) is 0.180. The molecule has 2 saturated carbocycles. The van der Waals surface area contributed by atoms with Crippen molar-refractivity contribution >= 4 is 27.0 Å². The van der Waals surface area contributed by atoms with Crippen molar-refractivity contribution in [1.29, 1.82) is 0 Å². The molecule has 0 amide bonds. The second kappa shape index (κ2) is 15.6. The Bertz CT molecular complexity index is 1220. The highest BCUT2D eigenvalue weighted by Crippen LogP contribution is 2.56. The van der Waals surface area contributed by atoms with Crippen LogP contribution in [0, 0.1) is 35.5 Å². The fourth-order valence-electron chi connectivity index (χ4n) is 10.9. The van der Waals surface area contributed by atoms with E-state index in [2.05, 4.69) is 150 Å². The lowest BCUT2D eigenvalue weighted by Crippen LogP contribution is -2.67. The summed E-state index contributed by atoms with van der Waals surface area (Å²) in [6.07, 6.45) is 5.97. The highest BCUT2D eigenvalue weighted by atomic mass is 28.4. The van der Waals surface area contributed by atoms with Gasteiger partial charge in [0.2, 0.25) is 8.32 Å². The molecule has 0 aromatic heterocycles. The fourth-order valence-corrected chi connectivity index (χ4v) is 21.1. The van der Waals surface area contributed by atoms with E-state index in [4.69, 9.17) is 8.85 Å². The van der Waals surface area contributed by atoms with E-state index in [0.717, 1.165) is 6.61 Å². The second-order valence-corrected chi connectivity index (χ2v) is 27.0. The van der Waals surface area contributed by atoms with Gasteiger partial charge in [-0.2, -0.15) is 0 Å². The minimum Gasteiger partial charge on any atom is -0.413 e. The number of fused-ring (bicyclic) bond motifs is 1. The maximum Gasteiger partial charge on any atom is 0.261 e. The topological polar surface area (TPSA) is 38.7 Å². The molecule has 0 heterocycles. The molecule has 2 fully saturated rings. The lowest BCUT2D eigenvalue weighted by molar-refractivity contribution is -0.0809. The first-order valence-electron chi connectivity index (χ1n) is 18.8. The monoisotopic (exact) mass is 676 g/mol. The zero-order valence-electron chi connectivity index (χ0n) is 31.9. The molecule has 1 N–H and O–H groups in total. The Labute approximate surface area is 291 Å². The van der Waals surface area contributed by atoms with Crippen molar-refractivity contribution in [3.8, 4) is 0 Å². The van der Waals surface area contributed by atoms with Crippen LogP contribution in [0.15, 0.2) is 72.3 Å². The number of hydrogen-bond acceptors (Lipinski definition) is 3. The normalized spacial score (nSPS) is 27.8. The molecule has 7 atom stereocenters. The van der Waals surface area contributed by atoms with Gasteiger partial charge in [-0.25, -0.2) is 0 Å². The molecule has 3 nitrogen and oxygen atoms in total. The molecule has 47 heavy (non-hydrogen) atoms. The van der Waals surface area contributed by atoms with E-state index >= 15 is 0 Å². The van der Waals surface area contributed by atoms with Gasteiger partial charge in [0.1, 0.15) is 0 Å². The summed E-state index contributed by atoms with van der Waals surface area (Å²) in [5.74, 6) is 2.90. The van der Waals surface area contributed by atoms with Crippen molar-refractivity contribution < 1.29 is 14.0 Å². The van der Waals surface area contributed by atoms with Crippen molar-refractivity contribution in [3.05, 3.63) is 72.3 Å². The van der Waals surface area contributed by atoms with Gasteiger partial charge >= 0.3 is 0 Å². The van der Waals surface area contributed by atoms with Gasteiger partial charge in [0.15, 0.2) is 0 Å². The van der Waals surface area contributed by atoms with Gasteiger partial charge in [-0.1, -0.05) is 148 Å². The molecule has 2 aliphatic carbocycles. The number of rotatable bonds is 12. The summed E-state index contributed by atoms with van der Waals surface area (Å²) in [4.78, 5) is 0. The predicted molar refractivity (Wildman–Crippen MR) is 206 cm³/mol. The van der Waals surface area contributed by atoms with Crippen LogP contribution in [0.3, 0.4) is 0 Å². The molecule has 1 unspecified atom stereocenters. The number of aliphatic hydroxyl groups excluding tert-OH is 1. The molecule has 0 aliphatic heterocycles. The van der Waals surface area contributed by atoms with E-state index < -0.39 is 16.6 Å². The highest BCUT2D eigenvalue weighted by molar-refractivity contribution is 6.99. The summed E-state index contributed by atoms with van der Waals surface area (Å²) in [5.41, 5.74) is 3.08. The van der Waals surface area contributed by atoms with Gasteiger partial charge in [-0.05, 0) is 93.7 Å². The minimum absolute atomic E-state index is 0.0678. The van der Waals surface area contributed by atoms with Gasteiger partial charge in [-0.15, -0.1) is 0 Å². The average Bonchev–Trinajstić information content (AvgIpc) is 3.00. The van der Waals surface area contributed by atoms with Gasteiger partial charge in [-0.3, -0.25) is 0 Å². The molecule has 0 spiro atoms. The molecule has 5 heteroatoms. The van der Waals surface area contributed by atoms with Crippen LogP contribution < -0.4 is 10.4 Å². The molecule has 2 aliphatic rings. The summed E-state index contributed by atoms with van der Waals surface area (Å²) >= 11 is 0. The minimum atomic E-state index is -2.71. The smallest absolute Gasteiger partial charge is 0.261 e. The van der Waals surface area contributed by atoms with Gasteiger partial charge in [0.05, 0.1) is 6.61 Å². The number of hydrogen-bond donors (Lipinski definition) is 1. The Kier molecular flexibility index (Phi) is 12.7. The van der Waals surface area contributed by atoms with Crippen molar-refractivity contribution in [2.75, 3.05) is 13.2 Å². The van der Waals surface area contributed by atoms with Crippen LogP contribution in [-0.4, -0.2) is 41.1 Å². The Morgan fingerprint density at radius 3 is 1.79 bits per heavy atom. The van der Waals surface area contributed by atoms with Crippen LogP contribution in [0.2, 0.25) is 21.7 Å². The van der Waals surface area contributed by atoms with E-state index in [1.165, 1.54) is 35.2 Å². The van der Waals surface area contributed by atoms with Gasteiger partial charge in [0, 0.05) is 12.7 Å². The molecule has 0 bridgehead atoms. The maximum atomic E-state index is 10.1. The molecular formula is C42H68O3Si2. The first-order valence-corrected chi connectivity index (χ1v) is 22.9. The molecule has 2 aromatic rings.